The van der Waals surface area contributed by atoms with Crippen LogP contribution >= 0.6 is 0 Å². The number of carbonyl (C=O) groups is 1. The number of cyclic esters (lactones) is 1. The van der Waals surface area contributed by atoms with Gasteiger partial charge < -0.3 is 13.7 Å². The van der Waals surface area contributed by atoms with E-state index in [4.69, 9.17) is 13.7 Å². The highest BCUT2D eigenvalue weighted by molar-refractivity contribution is 7.87. The highest BCUT2D eigenvalue weighted by Gasteiger charge is 2.27. The monoisotopic (exact) mass is 364 g/mol. The average Bonchev–Trinajstić information content (AvgIpc) is 2.64. The molecule has 1 aliphatic heterocycles. The maximum atomic E-state index is 12.4. The van der Waals surface area contributed by atoms with Gasteiger partial charge in [0.15, 0.2) is 11.5 Å². The molecule has 2 aromatic rings. The minimum Gasteiger partial charge on any atom is -0.493 e. The SMILES string of the molecule is CC.COc1ccc2c(c1OS(=O)(=O)c1ccccc1)COC(=O)C2. The van der Waals surface area contributed by atoms with Crippen molar-refractivity contribution in [2.24, 2.45) is 0 Å². The maximum absolute atomic E-state index is 12.4. The average molecular weight is 364 g/mol. The minimum absolute atomic E-state index is 0.0347. The number of rotatable bonds is 4. The van der Waals surface area contributed by atoms with Crippen molar-refractivity contribution in [2.45, 2.75) is 31.8 Å². The van der Waals surface area contributed by atoms with Crippen molar-refractivity contribution in [1.82, 2.24) is 0 Å². The summed E-state index contributed by atoms with van der Waals surface area (Å²) in [6, 6.07) is 11.1. The molecule has 0 radical (unpaired) electrons. The number of hydrogen-bond acceptors (Lipinski definition) is 6. The Morgan fingerprint density at radius 2 is 1.72 bits per heavy atom. The van der Waals surface area contributed by atoms with Gasteiger partial charge in [-0.05, 0) is 23.8 Å². The third-order valence-corrected chi connectivity index (χ3v) is 4.71. The molecule has 0 amide bonds. The van der Waals surface area contributed by atoms with E-state index in [1.54, 1.807) is 30.3 Å². The van der Waals surface area contributed by atoms with E-state index in [2.05, 4.69) is 0 Å². The van der Waals surface area contributed by atoms with Crippen LogP contribution in [-0.2, 0) is 32.7 Å². The summed E-state index contributed by atoms with van der Waals surface area (Å²) < 4.78 is 40.4. The summed E-state index contributed by atoms with van der Waals surface area (Å²) in [4.78, 5) is 11.4. The first-order valence-electron chi connectivity index (χ1n) is 7.85. The molecule has 2 aromatic carbocycles. The largest absolute Gasteiger partial charge is 0.493 e. The molecule has 0 N–H and O–H groups in total. The molecule has 134 valence electrons. The van der Waals surface area contributed by atoms with Gasteiger partial charge in [0.05, 0.1) is 13.5 Å². The number of benzene rings is 2. The van der Waals surface area contributed by atoms with Gasteiger partial charge in [-0.3, -0.25) is 4.79 Å². The summed E-state index contributed by atoms with van der Waals surface area (Å²) in [6.45, 7) is 3.95. The van der Waals surface area contributed by atoms with Gasteiger partial charge in [-0.2, -0.15) is 8.42 Å². The van der Waals surface area contributed by atoms with Crippen molar-refractivity contribution >= 4 is 16.1 Å². The van der Waals surface area contributed by atoms with Crippen LogP contribution in [0.1, 0.15) is 25.0 Å². The zero-order valence-corrected chi connectivity index (χ0v) is 15.1. The molecule has 0 fully saturated rings. The summed E-state index contributed by atoms with van der Waals surface area (Å²) >= 11 is 0. The van der Waals surface area contributed by atoms with Gasteiger partial charge >= 0.3 is 16.1 Å². The predicted octanol–water partition coefficient (Wildman–Crippen LogP) is 3.09. The fourth-order valence-corrected chi connectivity index (χ4v) is 3.32. The Bertz CT molecular complexity index is 843. The van der Waals surface area contributed by atoms with Crippen molar-refractivity contribution in [3.8, 4) is 11.5 Å². The molecule has 0 saturated carbocycles. The third-order valence-electron chi connectivity index (χ3n) is 3.48. The number of carbonyl (C=O) groups excluding carboxylic acids is 1. The molecular weight excluding hydrogens is 344 g/mol. The Balaban J connectivity index is 0.00000109. The lowest BCUT2D eigenvalue weighted by Crippen LogP contribution is -2.19. The Hall–Kier alpha value is -2.54. The van der Waals surface area contributed by atoms with Gasteiger partial charge in [-0.1, -0.05) is 38.1 Å². The fourth-order valence-electron chi connectivity index (χ4n) is 2.33. The molecule has 0 aliphatic carbocycles. The zero-order valence-electron chi connectivity index (χ0n) is 14.3. The predicted molar refractivity (Wildman–Crippen MR) is 92.1 cm³/mol. The molecule has 0 unspecified atom stereocenters. The Morgan fingerprint density at radius 3 is 2.36 bits per heavy atom. The van der Waals surface area contributed by atoms with Crippen molar-refractivity contribution in [3.63, 3.8) is 0 Å². The summed E-state index contributed by atoms with van der Waals surface area (Å²) in [5.74, 6) is -0.0397. The van der Waals surface area contributed by atoms with Gasteiger partial charge in [0.25, 0.3) is 0 Å². The Morgan fingerprint density at radius 1 is 1.04 bits per heavy atom. The van der Waals surface area contributed by atoms with E-state index in [1.807, 2.05) is 13.8 Å². The Labute approximate surface area is 147 Å². The first kappa shape index (κ1) is 18.8. The third kappa shape index (κ3) is 4.11. The lowest BCUT2D eigenvalue weighted by Gasteiger charge is -2.21. The molecule has 7 heteroatoms. The smallest absolute Gasteiger partial charge is 0.339 e. The molecule has 1 heterocycles. The van der Waals surface area contributed by atoms with Crippen LogP contribution in [0, 0.1) is 0 Å². The van der Waals surface area contributed by atoms with Crippen molar-refractivity contribution in [2.75, 3.05) is 7.11 Å². The van der Waals surface area contributed by atoms with Crippen LogP contribution in [0.15, 0.2) is 47.4 Å². The van der Waals surface area contributed by atoms with Crippen LogP contribution in [-0.4, -0.2) is 21.5 Å². The van der Waals surface area contributed by atoms with Gasteiger partial charge in [0.2, 0.25) is 0 Å². The van der Waals surface area contributed by atoms with E-state index in [9.17, 15) is 13.2 Å². The highest BCUT2D eigenvalue weighted by Crippen LogP contribution is 2.38. The standard InChI is InChI=1S/C16H14O6S.C2H6/c1-20-14-8-7-11-9-15(17)21-10-13(11)16(14)22-23(18,19)12-5-3-2-4-6-12;1-2/h2-8H,9-10H2,1H3;1-2H3. The lowest BCUT2D eigenvalue weighted by atomic mass is 10.0. The second-order valence-electron chi connectivity index (χ2n) is 4.92. The topological polar surface area (TPSA) is 78.9 Å². The Kier molecular flexibility index (Phi) is 6.03. The molecule has 0 spiro atoms. The van der Waals surface area contributed by atoms with Crippen LogP contribution in [0.4, 0.5) is 0 Å². The molecule has 0 aromatic heterocycles. The number of esters is 1. The molecule has 0 saturated heterocycles. The second kappa shape index (κ2) is 8.02. The first-order valence-corrected chi connectivity index (χ1v) is 9.26. The number of ether oxygens (including phenoxy) is 2. The van der Waals surface area contributed by atoms with Crippen molar-refractivity contribution < 1.29 is 26.9 Å². The molecule has 25 heavy (non-hydrogen) atoms. The summed E-state index contributed by atoms with van der Waals surface area (Å²) in [6.07, 6.45) is 0.0705. The molecule has 3 rings (SSSR count). The molecule has 6 nitrogen and oxygen atoms in total. The van der Waals surface area contributed by atoms with Gasteiger partial charge in [-0.15, -0.1) is 0 Å². The molecule has 1 aliphatic rings. The van der Waals surface area contributed by atoms with Gasteiger partial charge in [-0.25, -0.2) is 0 Å². The van der Waals surface area contributed by atoms with E-state index in [-0.39, 0.29) is 35.4 Å². The van der Waals surface area contributed by atoms with Crippen LogP contribution < -0.4 is 8.92 Å². The number of methoxy groups -OCH3 is 1. The van der Waals surface area contributed by atoms with E-state index >= 15 is 0 Å². The minimum atomic E-state index is -4.01. The van der Waals surface area contributed by atoms with Gasteiger partial charge in [0, 0.05) is 5.56 Å². The summed E-state index contributed by atoms with van der Waals surface area (Å²) in [7, 11) is -2.60. The van der Waals surface area contributed by atoms with E-state index in [1.165, 1.54) is 19.2 Å². The molecule has 0 bridgehead atoms. The zero-order chi connectivity index (χ0) is 18.4. The number of fused-ring (bicyclic) bond motifs is 1. The first-order chi connectivity index (χ1) is 12.0. The van der Waals surface area contributed by atoms with E-state index < -0.39 is 10.1 Å². The fraction of sp³-hybridized carbons (Fsp3) is 0.278. The van der Waals surface area contributed by atoms with Crippen LogP contribution in [0.3, 0.4) is 0 Å². The number of hydrogen-bond donors (Lipinski definition) is 0. The van der Waals surface area contributed by atoms with Crippen molar-refractivity contribution in [3.05, 3.63) is 53.6 Å². The summed E-state index contributed by atoms with van der Waals surface area (Å²) in [5, 5.41) is 0. The van der Waals surface area contributed by atoms with Crippen molar-refractivity contribution in [1.29, 1.82) is 0 Å². The van der Waals surface area contributed by atoms with E-state index in [0.29, 0.717) is 11.1 Å². The lowest BCUT2D eigenvalue weighted by molar-refractivity contribution is -0.145. The summed E-state index contributed by atoms with van der Waals surface area (Å²) in [5.41, 5.74) is 1.17. The van der Waals surface area contributed by atoms with Gasteiger partial charge in [0.1, 0.15) is 11.5 Å². The second-order valence-corrected chi connectivity index (χ2v) is 6.47. The maximum Gasteiger partial charge on any atom is 0.339 e. The van der Waals surface area contributed by atoms with Crippen LogP contribution in [0.2, 0.25) is 0 Å². The van der Waals surface area contributed by atoms with Crippen LogP contribution in [0.5, 0.6) is 11.5 Å². The van der Waals surface area contributed by atoms with E-state index in [0.717, 1.165) is 0 Å². The molecular formula is C18H20O6S. The quantitative estimate of drug-likeness (QED) is 0.613. The molecule has 0 atom stereocenters. The highest BCUT2D eigenvalue weighted by atomic mass is 32.2. The normalized spacial score (nSPS) is 13.0. The van der Waals surface area contributed by atoms with Crippen LogP contribution in [0.25, 0.3) is 0 Å².